The van der Waals surface area contributed by atoms with Crippen LogP contribution in [-0.2, 0) is 6.54 Å². The van der Waals surface area contributed by atoms with Gasteiger partial charge in [-0.25, -0.2) is 15.0 Å². The van der Waals surface area contributed by atoms with Gasteiger partial charge in [0.05, 0.1) is 5.69 Å². The molecule has 0 aliphatic carbocycles. The van der Waals surface area contributed by atoms with Crippen LogP contribution in [0.2, 0.25) is 0 Å². The highest BCUT2D eigenvalue weighted by Gasteiger charge is 2.10. The molecule has 0 bridgehead atoms. The van der Waals surface area contributed by atoms with E-state index in [1.54, 1.807) is 11.3 Å². The number of fused-ring (bicyclic) bond motifs is 1. The number of hydrogen-bond acceptors (Lipinski definition) is 5. The Labute approximate surface area is 150 Å². The highest BCUT2D eigenvalue weighted by atomic mass is 32.1. The number of hydrogen-bond donors (Lipinski definition) is 1. The Balaban J connectivity index is 1.41. The summed E-state index contributed by atoms with van der Waals surface area (Å²) in [5, 5.41) is 5.52. The molecule has 0 aliphatic rings. The first-order chi connectivity index (χ1) is 12.2. The molecule has 3 aromatic heterocycles. The topological polar surface area (TPSA) is 55.1 Å². The lowest BCUT2D eigenvalue weighted by Crippen LogP contribution is -2.18. The Morgan fingerprint density at radius 3 is 2.84 bits per heavy atom. The minimum atomic E-state index is 0.170. The van der Waals surface area contributed by atoms with E-state index in [0.717, 1.165) is 27.6 Å². The molecule has 126 valence electrons. The third-order valence-corrected chi connectivity index (χ3v) is 4.92. The second-order valence-electron chi connectivity index (χ2n) is 6.15. The lowest BCUT2D eigenvalue weighted by molar-refractivity contribution is 0.562. The fourth-order valence-corrected chi connectivity index (χ4v) is 3.42. The molecule has 1 N–H and O–H groups in total. The predicted octanol–water partition coefficient (Wildman–Crippen LogP) is 4.01. The summed E-state index contributed by atoms with van der Waals surface area (Å²) in [7, 11) is 0. The smallest absolute Gasteiger partial charge is 0.193 e. The van der Waals surface area contributed by atoms with Crippen LogP contribution >= 0.6 is 11.3 Å². The number of nitrogens with zero attached hydrogens (tertiary/aromatic N) is 4. The van der Waals surface area contributed by atoms with Crippen molar-refractivity contribution in [2.45, 2.75) is 26.4 Å². The van der Waals surface area contributed by atoms with Gasteiger partial charge in [-0.05, 0) is 19.9 Å². The quantitative estimate of drug-likeness (QED) is 0.591. The van der Waals surface area contributed by atoms with E-state index in [2.05, 4.69) is 56.8 Å². The summed E-state index contributed by atoms with van der Waals surface area (Å²) in [5.41, 5.74) is 4.36. The largest absolute Gasteiger partial charge is 0.305 e. The van der Waals surface area contributed by atoms with E-state index < -0.39 is 0 Å². The minimum absolute atomic E-state index is 0.170. The number of thiazole rings is 1. The standard InChI is InChI=1S/C19H19N5S/c1-13-4-3-5-16(8-13)18-21-10-15(11-22-18)9-20-14(2)17-12-24-6-7-25-19(24)23-17/h3-8,10-12,14,20H,9H2,1-2H3. The van der Waals surface area contributed by atoms with Crippen molar-refractivity contribution in [1.82, 2.24) is 24.7 Å². The van der Waals surface area contributed by atoms with Crippen LogP contribution in [0.1, 0.15) is 29.8 Å². The van der Waals surface area contributed by atoms with Crippen LogP contribution < -0.4 is 5.32 Å². The van der Waals surface area contributed by atoms with E-state index in [1.165, 1.54) is 5.56 Å². The molecule has 3 heterocycles. The SMILES string of the molecule is Cc1cccc(-c2ncc(CNC(C)c3cn4ccsc4n3)cn2)c1. The summed E-state index contributed by atoms with van der Waals surface area (Å²) in [5.74, 6) is 0.759. The van der Waals surface area contributed by atoms with Crippen molar-refractivity contribution in [3.8, 4) is 11.4 Å². The third kappa shape index (κ3) is 3.45. The molecule has 0 spiro atoms. The summed E-state index contributed by atoms with van der Waals surface area (Å²) in [6.45, 7) is 4.90. The molecular weight excluding hydrogens is 330 g/mol. The Morgan fingerprint density at radius 1 is 1.24 bits per heavy atom. The first-order valence-electron chi connectivity index (χ1n) is 8.22. The van der Waals surface area contributed by atoms with Gasteiger partial charge >= 0.3 is 0 Å². The van der Waals surface area contributed by atoms with E-state index in [4.69, 9.17) is 0 Å². The molecule has 0 fully saturated rings. The van der Waals surface area contributed by atoms with Crippen LogP contribution in [0, 0.1) is 6.92 Å². The molecule has 1 atom stereocenters. The maximum atomic E-state index is 4.63. The van der Waals surface area contributed by atoms with Crippen molar-refractivity contribution < 1.29 is 0 Å². The van der Waals surface area contributed by atoms with Crippen molar-refractivity contribution in [3.63, 3.8) is 0 Å². The number of benzene rings is 1. The zero-order valence-electron chi connectivity index (χ0n) is 14.2. The minimum Gasteiger partial charge on any atom is -0.305 e. The number of imidazole rings is 1. The molecule has 5 nitrogen and oxygen atoms in total. The van der Waals surface area contributed by atoms with Gasteiger partial charge in [0.15, 0.2) is 10.8 Å². The molecular formula is C19H19N5S. The zero-order chi connectivity index (χ0) is 17.2. The van der Waals surface area contributed by atoms with Crippen LogP contribution in [0.3, 0.4) is 0 Å². The van der Waals surface area contributed by atoms with Crippen LogP contribution in [-0.4, -0.2) is 19.4 Å². The Kier molecular flexibility index (Phi) is 4.29. The Morgan fingerprint density at radius 2 is 2.08 bits per heavy atom. The predicted molar refractivity (Wildman–Crippen MR) is 101 cm³/mol. The zero-order valence-corrected chi connectivity index (χ0v) is 15.0. The highest BCUT2D eigenvalue weighted by Crippen LogP contribution is 2.18. The monoisotopic (exact) mass is 349 g/mol. The lowest BCUT2D eigenvalue weighted by atomic mass is 10.1. The lowest BCUT2D eigenvalue weighted by Gasteiger charge is -2.11. The van der Waals surface area contributed by atoms with E-state index in [9.17, 15) is 0 Å². The number of aromatic nitrogens is 4. The maximum Gasteiger partial charge on any atom is 0.193 e. The molecule has 0 amide bonds. The van der Waals surface area contributed by atoms with E-state index >= 15 is 0 Å². The fourth-order valence-electron chi connectivity index (χ4n) is 2.71. The van der Waals surface area contributed by atoms with Gasteiger partial charge < -0.3 is 5.32 Å². The van der Waals surface area contributed by atoms with Crippen molar-refractivity contribution in [2.24, 2.45) is 0 Å². The van der Waals surface area contributed by atoms with Gasteiger partial charge in [0.2, 0.25) is 0 Å². The fraction of sp³-hybridized carbons (Fsp3) is 0.211. The van der Waals surface area contributed by atoms with E-state index in [1.807, 2.05) is 36.1 Å². The molecule has 25 heavy (non-hydrogen) atoms. The average molecular weight is 349 g/mol. The first-order valence-corrected chi connectivity index (χ1v) is 9.10. The summed E-state index contributed by atoms with van der Waals surface area (Å²) >= 11 is 1.64. The average Bonchev–Trinajstić information content (AvgIpc) is 3.22. The second-order valence-corrected chi connectivity index (χ2v) is 7.02. The molecule has 0 aliphatic heterocycles. The third-order valence-electron chi connectivity index (χ3n) is 4.15. The van der Waals surface area contributed by atoms with Gasteiger partial charge in [0.25, 0.3) is 0 Å². The van der Waals surface area contributed by atoms with Crippen molar-refractivity contribution in [3.05, 3.63) is 71.3 Å². The van der Waals surface area contributed by atoms with Crippen molar-refractivity contribution in [2.75, 3.05) is 0 Å². The Hall–Kier alpha value is -2.57. The van der Waals surface area contributed by atoms with Gasteiger partial charge in [0, 0.05) is 53.9 Å². The van der Waals surface area contributed by atoms with Gasteiger partial charge in [-0.1, -0.05) is 23.8 Å². The van der Waals surface area contributed by atoms with Crippen LogP contribution in [0.4, 0.5) is 0 Å². The van der Waals surface area contributed by atoms with Crippen molar-refractivity contribution >= 4 is 16.3 Å². The molecule has 6 heteroatoms. The van der Waals surface area contributed by atoms with Gasteiger partial charge in [0.1, 0.15) is 0 Å². The van der Waals surface area contributed by atoms with Crippen LogP contribution in [0.5, 0.6) is 0 Å². The summed E-state index contributed by atoms with van der Waals surface area (Å²) in [6.07, 6.45) is 7.87. The maximum absolute atomic E-state index is 4.63. The number of nitrogens with one attached hydrogen (secondary N) is 1. The molecule has 0 saturated carbocycles. The first kappa shape index (κ1) is 15.9. The molecule has 0 radical (unpaired) electrons. The summed E-state index contributed by atoms with van der Waals surface area (Å²) in [4.78, 5) is 14.7. The normalized spacial score (nSPS) is 12.6. The molecule has 4 aromatic rings. The number of rotatable bonds is 5. The Bertz CT molecular complexity index is 958. The van der Waals surface area contributed by atoms with E-state index in [-0.39, 0.29) is 6.04 Å². The molecule has 0 saturated heterocycles. The second kappa shape index (κ2) is 6.74. The summed E-state index contributed by atoms with van der Waals surface area (Å²) in [6, 6.07) is 8.40. The van der Waals surface area contributed by atoms with Crippen LogP contribution in [0.25, 0.3) is 16.3 Å². The van der Waals surface area contributed by atoms with E-state index in [0.29, 0.717) is 6.54 Å². The molecule has 1 aromatic carbocycles. The van der Waals surface area contributed by atoms with Gasteiger partial charge in [-0.3, -0.25) is 4.40 Å². The highest BCUT2D eigenvalue weighted by molar-refractivity contribution is 7.15. The summed E-state index contributed by atoms with van der Waals surface area (Å²) < 4.78 is 2.05. The molecule has 1 unspecified atom stereocenters. The van der Waals surface area contributed by atoms with Crippen molar-refractivity contribution in [1.29, 1.82) is 0 Å². The van der Waals surface area contributed by atoms with Crippen LogP contribution in [0.15, 0.2) is 54.4 Å². The van der Waals surface area contributed by atoms with Gasteiger partial charge in [-0.15, -0.1) is 11.3 Å². The molecule has 4 rings (SSSR count). The number of aryl methyl sites for hydroxylation is 1. The van der Waals surface area contributed by atoms with Gasteiger partial charge in [-0.2, -0.15) is 0 Å².